The summed E-state index contributed by atoms with van der Waals surface area (Å²) in [7, 11) is -1.84. The fourth-order valence-electron chi connectivity index (χ4n) is 3.40. The van der Waals surface area contributed by atoms with Crippen molar-refractivity contribution in [2.45, 2.75) is 13.0 Å². The molecule has 2 aromatic heterocycles. The van der Waals surface area contributed by atoms with E-state index in [1.807, 2.05) is 12.3 Å². The minimum Gasteiger partial charge on any atom is -0.481 e. The van der Waals surface area contributed by atoms with Gasteiger partial charge in [-0.2, -0.15) is 0 Å². The lowest BCUT2D eigenvalue weighted by atomic mass is 10.0. The molecular weight excluding hydrogens is 481 g/mol. The van der Waals surface area contributed by atoms with Gasteiger partial charge in [-0.25, -0.2) is 17.8 Å². The standard InChI is InChI=1S/C23H22FN3O5S2/c1-13(23-26-8-9-33-23)31-19-10-16-18(11-17(19)27-12-34(3,29)30)32-21(20(16)22(28)25-2)14-4-6-15(24)7-5-14/h4-11,13,27H,12H2,1-3H3,(H,25,28). The molecule has 4 rings (SSSR count). The Morgan fingerprint density at radius 3 is 2.62 bits per heavy atom. The van der Waals surface area contributed by atoms with Gasteiger partial charge in [-0.1, -0.05) is 0 Å². The Morgan fingerprint density at radius 2 is 2.00 bits per heavy atom. The zero-order valence-corrected chi connectivity index (χ0v) is 20.2. The van der Waals surface area contributed by atoms with Gasteiger partial charge in [0.05, 0.1) is 11.3 Å². The molecule has 0 aliphatic carbocycles. The van der Waals surface area contributed by atoms with Crippen molar-refractivity contribution in [3.63, 3.8) is 0 Å². The summed E-state index contributed by atoms with van der Waals surface area (Å²) < 4.78 is 49.2. The fraction of sp³-hybridized carbons (Fsp3) is 0.217. The summed E-state index contributed by atoms with van der Waals surface area (Å²) in [5.41, 5.74) is 1.48. The minimum absolute atomic E-state index is 0.255. The molecule has 0 saturated carbocycles. The normalized spacial score (nSPS) is 12.5. The maximum atomic E-state index is 13.5. The van der Waals surface area contributed by atoms with Gasteiger partial charge in [-0.3, -0.25) is 4.79 Å². The number of fused-ring (bicyclic) bond motifs is 1. The number of rotatable bonds is 8. The first-order valence-corrected chi connectivity index (χ1v) is 13.2. The summed E-state index contributed by atoms with van der Waals surface area (Å²) in [6, 6.07) is 8.81. The van der Waals surface area contributed by atoms with Crippen molar-refractivity contribution in [2.75, 3.05) is 24.5 Å². The van der Waals surface area contributed by atoms with Gasteiger partial charge >= 0.3 is 0 Å². The third-order valence-corrected chi connectivity index (χ3v) is 6.58. The van der Waals surface area contributed by atoms with E-state index in [1.165, 1.54) is 42.6 Å². The Kier molecular flexibility index (Phi) is 6.58. The molecule has 2 aromatic carbocycles. The van der Waals surface area contributed by atoms with Gasteiger partial charge in [0.2, 0.25) is 0 Å². The fourth-order valence-corrected chi connectivity index (χ4v) is 4.44. The van der Waals surface area contributed by atoms with E-state index < -0.39 is 27.7 Å². The Morgan fingerprint density at radius 1 is 1.26 bits per heavy atom. The molecule has 2 heterocycles. The van der Waals surface area contributed by atoms with Crippen LogP contribution in [0.3, 0.4) is 0 Å². The lowest BCUT2D eigenvalue weighted by molar-refractivity contribution is 0.0964. The molecule has 4 aromatic rings. The van der Waals surface area contributed by atoms with Crippen LogP contribution in [0.5, 0.6) is 5.75 Å². The number of aromatic nitrogens is 1. The van der Waals surface area contributed by atoms with Crippen molar-refractivity contribution in [2.24, 2.45) is 0 Å². The van der Waals surface area contributed by atoms with Crippen LogP contribution in [0.25, 0.3) is 22.3 Å². The van der Waals surface area contributed by atoms with Gasteiger partial charge in [0.1, 0.15) is 39.9 Å². The van der Waals surface area contributed by atoms with Crippen molar-refractivity contribution in [3.8, 4) is 17.1 Å². The molecule has 11 heteroatoms. The topological polar surface area (TPSA) is 111 Å². The van der Waals surface area contributed by atoms with Crippen LogP contribution in [0.4, 0.5) is 10.1 Å². The summed E-state index contributed by atoms with van der Waals surface area (Å²) >= 11 is 1.43. The van der Waals surface area contributed by atoms with Gasteiger partial charge in [-0.15, -0.1) is 11.3 Å². The number of halogens is 1. The first-order chi connectivity index (χ1) is 16.2. The van der Waals surface area contributed by atoms with Crippen LogP contribution in [0.2, 0.25) is 0 Å². The Labute approximate surface area is 199 Å². The Bertz CT molecular complexity index is 1430. The number of furan rings is 1. The zero-order chi connectivity index (χ0) is 24.5. The molecule has 0 bridgehead atoms. The van der Waals surface area contributed by atoms with Gasteiger partial charge in [-0.05, 0) is 37.3 Å². The number of anilines is 1. The van der Waals surface area contributed by atoms with E-state index in [2.05, 4.69) is 15.6 Å². The SMILES string of the molecule is CNC(=O)c1c(-c2ccc(F)cc2)oc2cc(NCS(C)(=O)=O)c(OC(C)c3nccs3)cc12. The van der Waals surface area contributed by atoms with E-state index in [0.717, 1.165) is 11.3 Å². The highest BCUT2D eigenvalue weighted by molar-refractivity contribution is 7.90. The molecule has 0 saturated heterocycles. The molecule has 8 nitrogen and oxygen atoms in total. The third-order valence-electron chi connectivity index (χ3n) is 4.98. The molecule has 1 amide bonds. The second-order valence-corrected chi connectivity index (χ2v) is 10.7. The quantitative estimate of drug-likeness (QED) is 0.361. The maximum Gasteiger partial charge on any atom is 0.255 e. The van der Waals surface area contributed by atoms with E-state index in [0.29, 0.717) is 28.0 Å². The molecule has 2 N–H and O–H groups in total. The molecule has 34 heavy (non-hydrogen) atoms. The van der Waals surface area contributed by atoms with E-state index >= 15 is 0 Å². The van der Waals surface area contributed by atoms with Crippen molar-refractivity contribution >= 4 is 43.7 Å². The summed E-state index contributed by atoms with van der Waals surface area (Å²) in [5.74, 6) is -0.549. The number of benzene rings is 2. The van der Waals surface area contributed by atoms with Crippen LogP contribution in [0.1, 0.15) is 28.4 Å². The Hall–Kier alpha value is -3.44. The highest BCUT2D eigenvalue weighted by Crippen LogP contribution is 2.40. The van der Waals surface area contributed by atoms with Crippen LogP contribution >= 0.6 is 11.3 Å². The van der Waals surface area contributed by atoms with Crippen LogP contribution in [-0.4, -0.2) is 38.5 Å². The number of hydrogen-bond donors (Lipinski definition) is 2. The molecular formula is C23H22FN3O5S2. The molecule has 0 spiro atoms. The monoisotopic (exact) mass is 503 g/mol. The second kappa shape index (κ2) is 9.43. The number of hydrogen-bond acceptors (Lipinski definition) is 8. The van der Waals surface area contributed by atoms with Crippen molar-refractivity contribution in [3.05, 3.63) is 64.4 Å². The number of sulfone groups is 1. The number of nitrogens with zero attached hydrogens (tertiary/aromatic N) is 1. The predicted molar refractivity (Wildman–Crippen MR) is 129 cm³/mol. The van der Waals surface area contributed by atoms with Crippen molar-refractivity contribution in [1.29, 1.82) is 0 Å². The van der Waals surface area contributed by atoms with E-state index in [1.54, 1.807) is 18.3 Å². The maximum absolute atomic E-state index is 13.5. The molecule has 0 aliphatic heterocycles. The second-order valence-electron chi connectivity index (χ2n) is 7.61. The van der Waals surface area contributed by atoms with Crippen LogP contribution in [0, 0.1) is 5.82 Å². The van der Waals surface area contributed by atoms with Gasteiger partial charge in [0, 0.05) is 41.9 Å². The smallest absolute Gasteiger partial charge is 0.255 e. The average molecular weight is 504 g/mol. The summed E-state index contributed by atoms with van der Waals surface area (Å²) in [5, 5.41) is 8.51. The lowest BCUT2D eigenvalue weighted by Gasteiger charge is -2.17. The number of ether oxygens (including phenoxy) is 1. The zero-order valence-electron chi connectivity index (χ0n) is 18.6. The predicted octanol–water partition coefficient (Wildman–Crippen LogP) is 4.61. The molecule has 0 radical (unpaired) electrons. The van der Waals surface area contributed by atoms with Gasteiger partial charge < -0.3 is 19.8 Å². The number of carbonyl (C=O) groups is 1. The number of thiazole rings is 1. The number of amides is 1. The van der Waals surface area contributed by atoms with E-state index in [-0.39, 0.29) is 17.2 Å². The van der Waals surface area contributed by atoms with Crippen molar-refractivity contribution in [1.82, 2.24) is 10.3 Å². The minimum atomic E-state index is -3.34. The first-order valence-electron chi connectivity index (χ1n) is 10.2. The van der Waals surface area contributed by atoms with Crippen LogP contribution in [-0.2, 0) is 9.84 Å². The highest BCUT2D eigenvalue weighted by Gasteiger charge is 2.24. The molecule has 0 fully saturated rings. The van der Waals surface area contributed by atoms with E-state index in [4.69, 9.17) is 9.15 Å². The molecule has 0 aliphatic rings. The first kappa shape index (κ1) is 23.7. The van der Waals surface area contributed by atoms with Crippen LogP contribution < -0.4 is 15.4 Å². The van der Waals surface area contributed by atoms with Crippen molar-refractivity contribution < 1.29 is 26.8 Å². The average Bonchev–Trinajstić information content (AvgIpc) is 3.45. The molecule has 1 unspecified atom stereocenters. The third kappa shape index (κ3) is 5.05. The molecule has 1 atom stereocenters. The van der Waals surface area contributed by atoms with Gasteiger partial charge in [0.15, 0.2) is 9.84 Å². The molecule has 178 valence electrons. The van der Waals surface area contributed by atoms with Gasteiger partial charge in [0.25, 0.3) is 5.91 Å². The summed E-state index contributed by atoms with van der Waals surface area (Å²) in [6.45, 7) is 1.82. The highest BCUT2D eigenvalue weighted by atomic mass is 32.2. The lowest BCUT2D eigenvalue weighted by Crippen LogP contribution is -2.18. The largest absolute Gasteiger partial charge is 0.481 e. The summed E-state index contributed by atoms with van der Waals surface area (Å²) in [4.78, 5) is 17.1. The Balaban J connectivity index is 1.88. The van der Waals surface area contributed by atoms with Crippen LogP contribution in [0.15, 0.2) is 52.4 Å². The summed E-state index contributed by atoms with van der Waals surface area (Å²) in [6.07, 6.45) is 2.35. The number of nitrogens with one attached hydrogen (secondary N) is 2. The number of carbonyl (C=O) groups excluding carboxylic acids is 1. The van der Waals surface area contributed by atoms with E-state index in [9.17, 15) is 17.6 Å².